The van der Waals surface area contributed by atoms with Crippen LogP contribution < -0.4 is 0 Å². The van der Waals surface area contributed by atoms with Crippen LogP contribution in [0.15, 0.2) is 30.3 Å². The molecular formula is C22H35F3IrO3PSSi-. The van der Waals surface area contributed by atoms with Gasteiger partial charge in [0.1, 0.15) is 0 Å². The largest absolute Gasteiger partial charge is 0.522 e. The van der Waals surface area contributed by atoms with Gasteiger partial charge in [-0.1, -0.05) is 34.6 Å². The molecular weight excluding hydrogens is 653 g/mol. The monoisotopic (exact) mass is 688 g/mol. The van der Waals surface area contributed by atoms with E-state index in [9.17, 15) is 21.6 Å². The minimum absolute atomic E-state index is 0. The molecule has 0 bridgehead atoms. The molecule has 0 aliphatic heterocycles. The summed E-state index contributed by atoms with van der Waals surface area (Å²) < 4.78 is 58.5. The van der Waals surface area contributed by atoms with Crippen molar-refractivity contribution in [2.24, 2.45) is 0 Å². The van der Waals surface area contributed by atoms with E-state index in [-0.39, 0.29) is 20.1 Å². The molecule has 0 atom stereocenters. The third-order valence-electron chi connectivity index (χ3n) is 3.98. The van der Waals surface area contributed by atoms with Gasteiger partial charge in [0.25, 0.3) is 0 Å². The summed E-state index contributed by atoms with van der Waals surface area (Å²) in [7, 11) is -6.85. The Morgan fingerprint density at radius 3 is 1.19 bits per heavy atom. The molecule has 10 heteroatoms. The van der Waals surface area contributed by atoms with Gasteiger partial charge in [0, 0.05) is 20.1 Å². The summed E-state index contributed by atoms with van der Waals surface area (Å²) in [5.74, 6) is 7.34. The van der Waals surface area contributed by atoms with Gasteiger partial charge in [0.2, 0.25) is 9.04 Å². The number of alkyl halides is 3. The SMILES string of the molecule is CP(C)C.C[C]1[C](C)[C](C)[C](C)[C]1C.C[Si](C)OS(=O)(=O)C(F)(F)F.[Ir].[c-]1ccccc1. The van der Waals surface area contributed by atoms with Crippen LogP contribution in [0.1, 0.15) is 34.6 Å². The summed E-state index contributed by atoms with van der Waals surface area (Å²) in [6, 6.07) is 12.5. The summed E-state index contributed by atoms with van der Waals surface area (Å²) in [4.78, 5) is 0. The van der Waals surface area contributed by atoms with E-state index in [4.69, 9.17) is 0 Å². The fraction of sp³-hybridized carbons (Fsp3) is 0.500. The first-order valence-electron chi connectivity index (χ1n) is 9.48. The predicted octanol–water partition coefficient (Wildman–Crippen LogP) is 6.92. The van der Waals surface area contributed by atoms with Gasteiger partial charge in [-0.3, -0.25) is 0 Å². The fourth-order valence-corrected chi connectivity index (χ4v) is 4.15. The van der Waals surface area contributed by atoms with Crippen molar-refractivity contribution in [1.82, 2.24) is 0 Å². The van der Waals surface area contributed by atoms with E-state index in [0.717, 1.165) is 0 Å². The van der Waals surface area contributed by atoms with E-state index >= 15 is 0 Å². The van der Waals surface area contributed by atoms with Gasteiger partial charge < -0.3 is 3.87 Å². The minimum atomic E-state index is -5.35. The molecule has 1 fully saturated rings. The minimum Gasteiger partial charge on any atom is -0.309 e. The maximum atomic E-state index is 11.5. The fourth-order valence-electron chi connectivity index (χ4n) is 2.01. The second-order valence-electron chi connectivity index (χ2n) is 7.44. The molecule has 0 spiro atoms. The van der Waals surface area contributed by atoms with Gasteiger partial charge in [-0.2, -0.15) is 58.0 Å². The van der Waals surface area contributed by atoms with E-state index in [1.807, 2.05) is 30.3 Å². The molecule has 0 amide bonds. The van der Waals surface area contributed by atoms with Crippen molar-refractivity contribution in [3.8, 4) is 0 Å². The third kappa shape index (κ3) is 15.9. The Bertz CT molecular complexity index is 602. The predicted molar refractivity (Wildman–Crippen MR) is 128 cm³/mol. The summed E-state index contributed by atoms with van der Waals surface area (Å²) in [5, 5.41) is 0. The van der Waals surface area contributed by atoms with E-state index in [1.54, 1.807) is 0 Å². The maximum Gasteiger partial charge on any atom is 0.522 e. The molecule has 0 unspecified atom stereocenters. The molecule has 0 aromatic heterocycles. The molecule has 1 aliphatic rings. The number of hydrogen-bond acceptors (Lipinski definition) is 3. The molecule has 0 N–H and O–H groups in total. The first kappa shape index (κ1) is 36.8. The average Bonchev–Trinajstić information content (AvgIpc) is 2.80. The average molecular weight is 688 g/mol. The Morgan fingerprint density at radius 2 is 1.09 bits per heavy atom. The molecule has 1 aromatic carbocycles. The molecule has 0 saturated heterocycles. The van der Waals surface area contributed by atoms with Gasteiger partial charge in [0.05, 0.1) is 0 Å². The number of hydrogen-bond donors (Lipinski definition) is 0. The van der Waals surface area contributed by atoms with E-state index in [0.29, 0.717) is 7.92 Å². The van der Waals surface area contributed by atoms with Crippen LogP contribution in [0.2, 0.25) is 13.1 Å². The molecule has 1 saturated carbocycles. The first-order valence-corrected chi connectivity index (χ1v) is 16.0. The molecule has 1 aliphatic carbocycles. The van der Waals surface area contributed by atoms with Crippen molar-refractivity contribution in [3.63, 3.8) is 0 Å². The number of rotatable bonds is 2. The molecule has 2 rings (SSSR count). The molecule has 0 heterocycles. The van der Waals surface area contributed by atoms with Crippen LogP contribution in [0.4, 0.5) is 13.2 Å². The zero-order valence-electron chi connectivity index (χ0n) is 20.4. The maximum absolute atomic E-state index is 11.5. The summed E-state index contributed by atoms with van der Waals surface area (Å²) in [5.41, 5.74) is -5.30. The van der Waals surface area contributed by atoms with Gasteiger partial charge in [-0.25, -0.2) is 0 Å². The van der Waals surface area contributed by atoms with Crippen LogP contribution in [0.25, 0.3) is 0 Å². The molecule has 32 heavy (non-hydrogen) atoms. The Hall–Kier alpha value is 0.216. The first-order chi connectivity index (χ1) is 14.0. The molecule has 1 aromatic rings. The summed E-state index contributed by atoms with van der Waals surface area (Å²) in [6.07, 6.45) is 0. The molecule has 187 valence electrons. The zero-order chi connectivity index (χ0) is 25.0. The van der Waals surface area contributed by atoms with Crippen LogP contribution in [0.3, 0.4) is 0 Å². The quantitative estimate of drug-likeness (QED) is 0.147. The summed E-state index contributed by atoms with van der Waals surface area (Å²) >= 11 is 0. The van der Waals surface area contributed by atoms with Crippen molar-refractivity contribution in [2.45, 2.75) is 53.2 Å². The van der Waals surface area contributed by atoms with Gasteiger partial charge >= 0.3 is 15.6 Å². The second-order valence-corrected chi connectivity index (χ2v) is 14.0. The van der Waals surface area contributed by atoms with Gasteiger partial charge in [-0.15, -0.1) is 7.92 Å². The van der Waals surface area contributed by atoms with Gasteiger partial charge in [-0.05, 0) is 62.7 Å². The third-order valence-corrected chi connectivity index (χ3v) is 6.76. The van der Waals surface area contributed by atoms with Crippen LogP contribution >= 0.6 is 7.92 Å². The van der Waals surface area contributed by atoms with Crippen LogP contribution in [0, 0.1) is 35.7 Å². The zero-order valence-corrected chi connectivity index (χ0v) is 25.5. The number of halogens is 3. The normalized spacial score (nSPS) is 16.3. The topological polar surface area (TPSA) is 43.4 Å². The van der Waals surface area contributed by atoms with Crippen LogP contribution in [0.5, 0.6) is 0 Å². The Labute approximate surface area is 211 Å². The second kappa shape index (κ2) is 17.6. The standard InChI is InChI=1S/C10H15.C6H5.C3H6F3O3SSi.C3H9P.Ir/c1-6-7(2)9(4)10(5)8(6)3;1-2-4-6-5-3-1;1-11(2)9-10(7,8)3(4,5)6;1-4(2)3;/h1-5H3;1-5H;1-2H3;1-3H3;/q;-1;;;. The van der Waals surface area contributed by atoms with Crippen molar-refractivity contribution in [2.75, 3.05) is 20.0 Å². The smallest absolute Gasteiger partial charge is 0.309 e. The van der Waals surface area contributed by atoms with E-state index in [2.05, 4.69) is 64.6 Å². The Balaban J connectivity index is -0.000000368. The van der Waals surface area contributed by atoms with Crippen molar-refractivity contribution in [3.05, 3.63) is 66.0 Å². The number of benzene rings is 1. The van der Waals surface area contributed by atoms with Crippen LogP contribution in [-0.4, -0.2) is 43.0 Å². The van der Waals surface area contributed by atoms with Crippen molar-refractivity contribution in [1.29, 1.82) is 0 Å². The molecule has 3 nitrogen and oxygen atoms in total. The van der Waals surface area contributed by atoms with Crippen molar-refractivity contribution < 1.29 is 45.6 Å². The summed E-state index contributed by atoms with van der Waals surface area (Å²) in [6.45, 7) is 20.3. The Kier molecular flexibility index (Phi) is 20.3. The van der Waals surface area contributed by atoms with Crippen molar-refractivity contribution >= 4 is 27.1 Å². The molecule has 7 radical (unpaired) electrons. The van der Waals surface area contributed by atoms with E-state index in [1.165, 1.54) is 42.7 Å². The van der Waals surface area contributed by atoms with Gasteiger partial charge in [0.15, 0.2) is 0 Å². The van der Waals surface area contributed by atoms with E-state index < -0.39 is 24.7 Å². The Morgan fingerprint density at radius 1 is 0.812 bits per heavy atom. The van der Waals surface area contributed by atoms with Crippen LogP contribution in [-0.2, 0) is 34.1 Å².